The van der Waals surface area contributed by atoms with Crippen molar-refractivity contribution < 1.29 is 9.21 Å². The number of hydrogen-bond acceptors (Lipinski definition) is 2. The molecule has 0 aliphatic carbocycles. The molecule has 0 aliphatic heterocycles. The van der Waals surface area contributed by atoms with Crippen LogP contribution < -0.4 is 5.32 Å². The maximum absolute atomic E-state index is 12.0. The van der Waals surface area contributed by atoms with Crippen LogP contribution in [0.25, 0.3) is 0 Å². The highest BCUT2D eigenvalue weighted by molar-refractivity contribution is 6.30. The van der Waals surface area contributed by atoms with Crippen molar-refractivity contribution in [1.82, 2.24) is 5.32 Å². The van der Waals surface area contributed by atoms with Gasteiger partial charge in [-0.25, -0.2) is 0 Å². The Morgan fingerprint density at radius 1 is 1.33 bits per heavy atom. The molecule has 0 saturated heterocycles. The summed E-state index contributed by atoms with van der Waals surface area (Å²) in [5.74, 6) is 1.40. The number of halogens is 1. The third-order valence-electron chi connectivity index (χ3n) is 2.62. The smallest absolute Gasteiger partial charge is 0.251 e. The lowest BCUT2D eigenvalue weighted by molar-refractivity contribution is 0.0935. The molecule has 1 aromatic carbocycles. The van der Waals surface area contributed by atoms with Crippen molar-refractivity contribution in [3.63, 3.8) is 0 Å². The van der Waals surface area contributed by atoms with Crippen LogP contribution in [0.3, 0.4) is 0 Å². The summed E-state index contributed by atoms with van der Waals surface area (Å²) in [6.45, 7) is 3.75. The summed E-state index contributed by atoms with van der Waals surface area (Å²) in [5, 5.41) is 3.41. The first-order valence-electron chi connectivity index (χ1n) is 5.69. The summed E-state index contributed by atoms with van der Waals surface area (Å²) >= 11 is 5.85. The standard InChI is InChI=1S/C14H14ClNO2/c1-9-6-7-13(18-9)10(2)16-14(17)11-4-3-5-12(15)8-11/h3-8,10H,1-2H3,(H,16,17). The minimum absolute atomic E-state index is 0.168. The quantitative estimate of drug-likeness (QED) is 0.917. The maximum atomic E-state index is 12.0. The summed E-state index contributed by atoms with van der Waals surface area (Å²) in [4.78, 5) is 12.0. The molecule has 1 unspecified atom stereocenters. The van der Waals surface area contributed by atoms with Crippen LogP contribution in [0.4, 0.5) is 0 Å². The lowest BCUT2D eigenvalue weighted by atomic mass is 10.2. The van der Waals surface area contributed by atoms with E-state index in [1.165, 1.54) is 0 Å². The molecule has 0 bridgehead atoms. The van der Waals surface area contributed by atoms with Crippen LogP contribution in [0.5, 0.6) is 0 Å². The third kappa shape index (κ3) is 2.93. The summed E-state index contributed by atoms with van der Waals surface area (Å²) in [5.41, 5.74) is 0.539. The van der Waals surface area contributed by atoms with E-state index in [1.54, 1.807) is 24.3 Å². The third-order valence-corrected chi connectivity index (χ3v) is 2.86. The van der Waals surface area contributed by atoms with Gasteiger partial charge in [-0.3, -0.25) is 4.79 Å². The monoisotopic (exact) mass is 263 g/mol. The maximum Gasteiger partial charge on any atom is 0.251 e. The average molecular weight is 264 g/mol. The highest BCUT2D eigenvalue weighted by Gasteiger charge is 2.14. The van der Waals surface area contributed by atoms with Crippen molar-refractivity contribution in [3.05, 3.63) is 58.5 Å². The first-order valence-corrected chi connectivity index (χ1v) is 6.07. The number of carbonyl (C=O) groups is 1. The van der Waals surface area contributed by atoms with Crippen LogP contribution in [0.1, 0.15) is 34.8 Å². The Bertz CT molecular complexity index is 562. The molecular formula is C14H14ClNO2. The summed E-state index contributed by atoms with van der Waals surface area (Å²) in [7, 11) is 0. The molecule has 0 radical (unpaired) electrons. The zero-order chi connectivity index (χ0) is 13.1. The van der Waals surface area contributed by atoms with Crippen molar-refractivity contribution in [2.24, 2.45) is 0 Å². The molecule has 2 aromatic rings. The zero-order valence-corrected chi connectivity index (χ0v) is 11.0. The SMILES string of the molecule is Cc1ccc(C(C)NC(=O)c2cccc(Cl)c2)o1. The number of rotatable bonds is 3. The molecule has 18 heavy (non-hydrogen) atoms. The first kappa shape index (κ1) is 12.7. The molecule has 2 rings (SSSR count). The van der Waals surface area contributed by atoms with E-state index < -0.39 is 0 Å². The molecule has 3 nitrogen and oxygen atoms in total. The first-order chi connectivity index (χ1) is 8.56. The van der Waals surface area contributed by atoms with Gasteiger partial charge >= 0.3 is 0 Å². The molecule has 0 saturated carbocycles. The molecule has 0 spiro atoms. The van der Waals surface area contributed by atoms with Gasteiger partial charge in [0.15, 0.2) is 0 Å². The lowest BCUT2D eigenvalue weighted by Crippen LogP contribution is -2.26. The predicted octanol–water partition coefficient (Wildman–Crippen LogP) is 3.73. The molecule has 1 N–H and O–H groups in total. The predicted molar refractivity (Wildman–Crippen MR) is 70.8 cm³/mol. The lowest BCUT2D eigenvalue weighted by Gasteiger charge is -2.11. The molecule has 0 aliphatic rings. The Hall–Kier alpha value is -1.74. The Morgan fingerprint density at radius 3 is 2.72 bits per heavy atom. The molecule has 1 aromatic heterocycles. The van der Waals surface area contributed by atoms with Crippen molar-refractivity contribution in [2.75, 3.05) is 0 Å². The fraction of sp³-hybridized carbons (Fsp3) is 0.214. The molecule has 1 amide bonds. The van der Waals surface area contributed by atoms with Crippen molar-refractivity contribution >= 4 is 17.5 Å². The van der Waals surface area contributed by atoms with E-state index in [1.807, 2.05) is 26.0 Å². The van der Waals surface area contributed by atoms with Crippen LogP contribution >= 0.6 is 11.6 Å². The highest BCUT2D eigenvalue weighted by Crippen LogP contribution is 2.17. The van der Waals surface area contributed by atoms with Gasteiger partial charge in [0.2, 0.25) is 0 Å². The Kier molecular flexibility index (Phi) is 3.72. The second-order valence-electron chi connectivity index (χ2n) is 4.15. The number of carbonyl (C=O) groups excluding carboxylic acids is 1. The summed E-state index contributed by atoms with van der Waals surface area (Å²) in [6, 6.07) is 10.4. The highest BCUT2D eigenvalue weighted by atomic mass is 35.5. The van der Waals surface area contributed by atoms with E-state index in [0.29, 0.717) is 10.6 Å². The summed E-state index contributed by atoms with van der Waals surface area (Å²) in [6.07, 6.45) is 0. The zero-order valence-electron chi connectivity index (χ0n) is 10.2. The van der Waals surface area contributed by atoms with Gasteiger partial charge in [-0.15, -0.1) is 0 Å². The number of furan rings is 1. The second-order valence-corrected chi connectivity index (χ2v) is 4.59. The molecule has 0 fully saturated rings. The van der Waals surface area contributed by atoms with E-state index in [-0.39, 0.29) is 11.9 Å². The van der Waals surface area contributed by atoms with Crippen molar-refractivity contribution in [3.8, 4) is 0 Å². The van der Waals surface area contributed by atoms with Gasteiger partial charge in [0.25, 0.3) is 5.91 Å². The van der Waals surface area contributed by atoms with Crippen LogP contribution in [0.2, 0.25) is 5.02 Å². The van der Waals surface area contributed by atoms with Gasteiger partial charge < -0.3 is 9.73 Å². The normalized spacial score (nSPS) is 12.2. The number of amides is 1. The van der Waals surface area contributed by atoms with Gasteiger partial charge in [-0.1, -0.05) is 17.7 Å². The fourth-order valence-electron chi connectivity index (χ4n) is 1.67. The number of hydrogen-bond donors (Lipinski definition) is 1. The van der Waals surface area contributed by atoms with E-state index in [0.717, 1.165) is 11.5 Å². The number of nitrogens with one attached hydrogen (secondary N) is 1. The van der Waals surface area contributed by atoms with Crippen LogP contribution in [0, 0.1) is 6.92 Å². The molecule has 1 heterocycles. The molecule has 1 atom stereocenters. The van der Waals surface area contributed by atoms with Gasteiger partial charge in [0.1, 0.15) is 11.5 Å². The molecular weight excluding hydrogens is 250 g/mol. The van der Waals surface area contributed by atoms with Crippen LogP contribution in [-0.2, 0) is 0 Å². The van der Waals surface area contributed by atoms with Gasteiger partial charge in [-0.2, -0.15) is 0 Å². The molecule has 94 valence electrons. The summed E-state index contributed by atoms with van der Waals surface area (Å²) < 4.78 is 5.46. The van der Waals surface area contributed by atoms with Gasteiger partial charge in [-0.05, 0) is 44.2 Å². The minimum atomic E-state index is -0.176. The van der Waals surface area contributed by atoms with E-state index >= 15 is 0 Å². The van der Waals surface area contributed by atoms with Gasteiger partial charge in [0, 0.05) is 10.6 Å². The molecule has 4 heteroatoms. The van der Waals surface area contributed by atoms with Crippen molar-refractivity contribution in [2.45, 2.75) is 19.9 Å². The van der Waals surface area contributed by atoms with Crippen LogP contribution in [0.15, 0.2) is 40.8 Å². The Balaban J connectivity index is 2.08. The fourth-order valence-corrected chi connectivity index (χ4v) is 1.86. The van der Waals surface area contributed by atoms with Crippen LogP contribution in [-0.4, -0.2) is 5.91 Å². The Labute approximate surface area is 111 Å². The van der Waals surface area contributed by atoms with Crippen molar-refractivity contribution in [1.29, 1.82) is 0 Å². The second kappa shape index (κ2) is 5.27. The van der Waals surface area contributed by atoms with E-state index in [9.17, 15) is 4.79 Å². The minimum Gasteiger partial charge on any atom is -0.464 e. The average Bonchev–Trinajstić information content (AvgIpc) is 2.76. The van der Waals surface area contributed by atoms with E-state index in [4.69, 9.17) is 16.0 Å². The van der Waals surface area contributed by atoms with E-state index in [2.05, 4.69) is 5.32 Å². The number of aryl methyl sites for hydroxylation is 1. The largest absolute Gasteiger partial charge is 0.464 e. The topological polar surface area (TPSA) is 42.2 Å². The number of benzene rings is 1. The van der Waals surface area contributed by atoms with Gasteiger partial charge in [0.05, 0.1) is 6.04 Å². The Morgan fingerprint density at radius 2 is 2.11 bits per heavy atom.